The average Bonchev–Trinajstić information content (AvgIpc) is 1.81. The van der Waals surface area contributed by atoms with Gasteiger partial charge < -0.3 is 15.8 Å². The number of amides is 1. The van der Waals surface area contributed by atoms with Crippen LogP contribution in [0.4, 0.5) is 4.79 Å². The molecule has 78 valence electrons. The lowest BCUT2D eigenvalue weighted by Gasteiger charge is -2.20. The highest BCUT2D eigenvalue weighted by Gasteiger charge is 2.14. The second-order valence-electron chi connectivity index (χ2n) is 4.28. The molecule has 13 heavy (non-hydrogen) atoms. The van der Waals surface area contributed by atoms with Crippen molar-refractivity contribution in [2.24, 2.45) is 5.73 Å². The highest BCUT2D eigenvalue weighted by atomic mass is 16.5. The van der Waals surface area contributed by atoms with Gasteiger partial charge >= 0.3 is 6.09 Å². The van der Waals surface area contributed by atoms with Gasteiger partial charge in [-0.3, -0.25) is 0 Å². The third-order valence-corrected chi connectivity index (χ3v) is 1.28. The van der Waals surface area contributed by atoms with Crippen LogP contribution in [0.1, 0.15) is 34.1 Å². The van der Waals surface area contributed by atoms with Crippen molar-refractivity contribution in [3.05, 3.63) is 0 Å². The van der Waals surface area contributed by atoms with Gasteiger partial charge in [0.2, 0.25) is 0 Å². The topological polar surface area (TPSA) is 64.3 Å². The van der Waals surface area contributed by atoms with Crippen molar-refractivity contribution in [3.63, 3.8) is 0 Å². The van der Waals surface area contributed by atoms with E-state index in [9.17, 15) is 4.79 Å². The maximum Gasteiger partial charge on any atom is 0.407 e. The Hall–Kier alpha value is -0.770. The third-order valence-electron chi connectivity index (χ3n) is 1.28. The Morgan fingerprint density at radius 3 is 2.46 bits per heavy atom. The first-order valence-electron chi connectivity index (χ1n) is 4.52. The quantitative estimate of drug-likeness (QED) is 0.700. The number of carbonyl (C=O) groups excluding carboxylic acids is 1. The molecule has 1 unspecified atom stereocenters. The van der Waals surface area contributed by atoms with Crippen molar-refractivity contribution < 1.29 is 9.53 Å². The van der Waals surface area contributed by atoms with Crippen LogP contribution >= 0.6 is 0 Å². The maximum absolute atomic E-state index is 11.1. The van der Waals surface area contributed by atoms with Gasteiger partial charge in [-0.1, -0.05) is 0 Å². The molecule has 0 aliphatic heterocycles. The molecule has 4 nitrogen and oxygen atoms in total. The summed E-state index contributed by atoms with van der Waals surface area (Å²) in [6.45, 7) is 7.96. The van der Waals surface area contributed by atoms with Gasteiger partial charge in [0, 0.05) is 11.6 Å². The Balaban J connectivity index is 3.53. The molecule has 1 amide bonds. The molecule has 0 radical (unpaired) electrons. The van der Waals surface area contributed by atoms with Crippen molar-refractivity contribution in [1.82, 2.24) is 5.32 Å². The molecule has 0 saturated carbocycles. The van der Waals surface area contributed by atoms with Crippen LogP contribution in [0.5, 0.6) is 0 Å². The van der Waals surface area contributed by atoms with Crippen molar-refractivity contribution in [2.45, 2.75) is 45.7 Å². The van der Waals surface area contributed by atoms with Crippen LogP contribution in [0.2, 0.25) is 0 Å². The summed E-state index contributed by atoms with van der Waals surface area (Å²) in [7, 11) is 0. The Morgan fingerprint density at radius 2 is 2.08 bits per heavy atom. The van der Waals surface area contributed by atoms with E-state index in [1.807, 2.05) is 27.7 Å². The molecular weight excluding hydrogens is 168 g/mol. The molecule has 0 aromatic heterocycles. The lowest BCUT2D eigenvalue weighted by atomic mass is 10.1. The lowest BCUT2D eigenvalue weighted by Crippen LogP contribution is -2.41. The van der Waals surface area contributed by atoms with Crippen LogP contribution in [0.15, 0.2) is 0 Å². The van der Waals surface area contributed by atoms with Gasteiger partial charge in [0.1, 0.15) is 0 Å². The smallest absolute Gasteiger partial charge is 0.407 e. The monoisotopic (exact) mass is 188 g/mol. The number of nitrogens with one attached hydrogen (secondary N) is 1. The summed E-state index contributed by atoms with van der Waals surface area (Å²) in [5.41, 5.74) is 5.25. The third kappa shape index (κ3) is 9.14. The fourth-order valence-electron chi connectivity index (χ4n) is 0.680. The first-order valence-corrected chi connectivity index (χ1v) is 4.52. The first kappa shape index (κ1) is 12.2. The van der Waals surface area contributed by atoms with E-state index in [4.69, 9.17) is 10.5 Å². The lowest BCUT2D eigenvalue weighted by molar-refractivity contribution is 0.134. The van der Waals surface area contributed by atoms with E-state index in [0.29, 0.717) is 13.0 Å². The minimum atomic E-state index is -0.381. The van der Waals surface area contributed by atoms with Crippen LogP contribution in [-0.2, 0) is 4.74 Å². The normalized spacial score (nSPS) is 13.6. The summed E-state index contributed by atoms with van der Waals surface area (Å²) in [5.74, 6) is 0. The number of hydrogen-bond donors (Lipinski definition) is 2. The zero-order valence-corrected chi connectivity index (χ0v) is 8.89. The zero-order chi connectivity index (χ0) is 10.5. The molecule has 0 saturated heterocycles. The van der Waals surface area contributed by atoms with E-state index < -0.39 is 0 Å². The minimum absolute atomic E-state index is 0.0717. The molecule has 0 spiro atoms. The van der Waals surface area contributed by atoms with Crippen LogP contribution < -0.4 is 11.1 Å². The van der Waals surface area contributed by atoms with Gasteiger partial charge in [0.05, 0.1) is 6.61 Å². The van der Waals surface area contributed by atoms with Gasteiger partial charge in [0.15, 0.2) is 0 Å². The van der Waals surface area contributed by atoms with Gasteiger partial charge in [-0.05, 0) is 34.1 Å². The molecule has 4 heteroatoms. The fraction of sp³-hybridized carbons (Fsp3) is 0.889. The molecular formula is C9H20N2O2. The molecule has 1 atom stereocenters. The van der Waals surface area contributed by atoms with Crippen molar-refractivity contribution in [1.29, 1.82) is 0 Å². The summed E-state index contributed by atoms with van der Waals surface area (Å²) in [4.78, 5) is 11.1. The summed E-state index contributed by atoms with van der Waals surface area (Å²) in [6.07, 6.45) is 0.311. The standard InChI is InChI=1S/C9H20N2O2/c1-7(10)5-6-13-8(12)11-9(2,3)4/h7H,5-6,10H2,1-4H3,(H,11,12). The van der Waals surface area contributed by atoms with Crippen molar-refractivity contribution >= 4 is 6.09 Å². The van der Waals surface area contributed by atoms with E-state index in [0.717, 1.165) is 0 Å². The molecule has 0 fully saturated rings. The number of rotatable bonds is 3. The van der Waals surface area contributed by atoms with Crippen molar-refractivity contribution in [3.8, 4) is 0 Å². The molecule has 0 aliphatic carbocycles. The van der Waals surface area contributed by atoms with Gasteiger partial charge in [-0.25, -0.2) is 4.79 Å². The maximum atomic E-state index is 11.1. The molecule has 0 rings (SSSR count). The average molecular weight is 188 g/mol. The SMILES string of the molecule is CC(N)CCOC(=O)NC(C)(C)C. The molecule has 0 bridgehead atoms. The Labute approximate surface area is 79.8 Å². The second-order valence-corrected chi connectivity index (χ2v) is 4.28. The highest BCUT2D eigenvalue weighted by molar-refractivity contribution is 5.67. The predicted octanol–water partition coefficient (Wildman–Crippen LogP) is 1.25. The Kier molecular flexibility index (Phi) is 4.77. The van der Waals surface area contributed by atoms with E-state index >= 15 is 0 Å². The van der Waals surface area contributed by atoms with E-state index in [2.05, 4.69) is 5.32 Å². The number of ether oxygens (including phenoxy) is 1. The Bertz CT molecular complexity index is 161. The number of carbonyl (C=O) groups is 1. The van der Waals surface area contributed by atoms with Gasteiger partial charge in [-0.2, -0.15) is 0 Å². The first-order chi connectivity index (χ1) is 5.81. The van der Waals surface area contributed by atoms with E-state index in [-0.39, 0.29) is 17.7 Å². The van der Waals surface area contributed by atoms with Gasteiger partial charge in [0.25, 0.3) is 0 Å². The summed E-state index contributed by atoms with van der Waals surface area (Å²) in [6, 6.07) is 0.0717. The summed E-state index contributed by atoms with van der Waals surface area (Å²) < 4.78 is 4.90. The Morgan fingerprint density at radius 1 is 1.54 bits per heavy atom. The zero-order valence-electron chi connectivity index (χ0n) is 8.89. The van der Waals surface area contributed by atoms with Crippen LogP contribution in [0, 0.1) is 0 Å². The molecule has 0 aliphatic rings. The van der Waals surface area contributed by atoms with Crippen LogP contribution in [0.25, 0.3) is 0 Å². The van der Waals surface area contributed by atoms with Crippen LogP contribution in [0.3, 0.4) is 0 Å². The summed E-state index contributed by atoms with van der Waals surface area (Å²) in [5, 5.41) is 2.69. The minimum Gasteiger partial charge on any atom is -0.449 e. The number of hydrogen-bond acceptors (Lipinski definition) is 3. The van der Waals surface area contributed by atoms with E-state index in [1.165, 1.54) is 0 Å². The molecule has 3 N–H and O–H groups in total. The van der Waals surface area contributed by atoms with Crippen LogP contribution in [-0.4, -0.2) is 24.3 Å². The van der Waals surface area contributed by atoms with Gasteiger partial charge in [-0.15, -0.1) is 0 Å². The summed E-state index contributed by atoms with van der Waals surface area (Å²) >= 11 is 0. The molecule has 0 aromatic rings. The second kappa shape index (κ2) is 5.07. The van der Waals surface area contributed by atoms with Crippen molar-refractivity contribution in [2.75, 3.05) is 6.61 Å². The highest BCUT2D eigenvalue weighted by Crippen LogP contribution is 1.99. The largest absolute Gasteiger partial charge is 0.449 e. The number of alkyl carbamates (subject to hydrolysis) is 1. The predicted molar refractivity (Wildman–Crippen MR) is 52.5 cm³/mol. The fourth-order valence-corrected chi connectivity index (χ4v) is 0.680. The number of nitrogens with two attached hydrogens (primary N) is 1. The molecule has 0 aromatic carbocycles. The van der Waals surface area contributed by atoms with E-state index in [1.54, 1.807) is 0 Å². The molecule has 0 heterocycles.